The third-order valence-corrected chi connectivity index (χ3v) is 2.01. The van der Waals surface area contributed by atoms with Gasteiger partial charge in [0, 0.05) is 0 Å². The van der Waals surface area contributed by atoms with Crippen molar-refractivity contribution < 1.29 is 9.53 Å². The molecule has 3 heteroatoms. The van der Waals surface area contributed by atoms with E-state index in [4.69, 9.17) is 4.74 Å². The van der Waals surface area contributed by atoms with Crippen LogP contribution in [0.15, 0.2) is 30.3 Å². The van der Waals surface area contributed by atoms with Crippen LogP contribution in [0.25, 0.3) is 0 Å². The van der Waals surface area contributed by atoms with Crippen molar-refractivity contribution in [2.24, 2.45) is 0 Å². The Bertz CT molecular complexity index is 295. The van der Waals surface area contributed by atoms with Crippen molar-refractivity contribution in [1.82, 2.24) is 4.90 Å². The van der Waals surface area contributed by atoms with Gasteiger partial charge < -0.3 is 4.74 Å². The lowest BCUT2D eigenvalue weighted by Crippen LogP contribution is -2.29. The van der Waals surface area contributed by atoms with Gasteiger partial charge in [-0.25, -0.2) is 4.79 Å². The van der Waals surface area contributed by atoms with E-state index in [0.717, 1.165) is 0 Å². The molecule has 0 fully saturated rings. The van der Waals surface area contributed by atoms with Crippen LogP contribution in [-0.4, -0.2) is 31.2 Å². The Hall–Kier alpha value is -1.35. The summed E-state index contributed by atoms with van der Waals surface area (Å²) in [5.74, 6) is -0.285. The Morgan fingerprint density at radius 3 is 2.36 bits per heavy atom. The molecular formula is C11H15NO2. The minimum atomic E-state index is -0.285. The van der Waals surface area contributed by atoms with E-state index in [1.165, 1.54) is 0 Å². The molecule has 0 saturated heterocycles. The summed E-state index contributed by atoms with van der Waals surface area (Å²) in [5, 5.41) is 0. The Morgan fingerprint density at radius 1 is 1.29 bits per heavy atom. The fourth-order valence-electron chi connectivity index (χ4n) is 0.903. The van der Waals surface area contributed by atoms with Gasteiger partial charge in [0.25, 0.3) is 0 Å². The van der Waals surface area contributed by atoms with Gasteiger partial charge in [0.15, 0.2) is 6.23 Å². The fourth-order valence-corrected chi connectivity index (χ4v) is 0.903. The second kappa shape index (κ2) is 4.77. The molecule has 0 N–H and O–H groups in total. The molecule has 0 aromatic heterocycles. The second-order valence-electron chi connectivity index (χ2n) is 3.33. The first-order chi connectivity index (χ1) is 6.61. The maximum absolute atomic E-state index is 11.5. The summed E-state index contributed by atoms with van der Waals surface area (Å²) in [7, 11) is 3.73. The molecular weight excluding hydrogens is 178 g/mol. The Balaban J connectivity index is 2.60. The first kappa shape index (κ1) is 10.7. The van der Waals surface area contributed by atoms with Crippen LogP contribution in [0.3, 0.4) is 0 Å². The molecule has 0 aliphatic carbocycles. The molecule has 0 radical (unpaired) electrons. The van der Waals surface area contributed by atoms with Gasteiger partial charge in [0.2, 0.25) is 0 Å². The van der Waals surface area contributed by atoms with Crippen LogP contribution in [0.1, 0.15) is 17.3 Å². The van der Waals surface area contributed by atoms with Gasteiger partial charge in [0.05, 0.1) is 5.56 Å². The topological polar surface area (TPSA) is 29.5 Å². The van der Waals surface area contributed by atoms with E-state index >= 15 is 0 Å². The molecule has 1 unspecified atom stereocenters. The van der Waals surface area contributed by atoms with E-state index in [2.05, 4.69) is 0 Å². The minimum Gasteiger partial charge on any atom is -0.443 e. The zero-order valence-electron chi connectivity index (χ0n) is 8.73. The molecule has 0 aliphatic rings. The fraction of sp³-hybridized carbons (Fsp3) is 0.364. The van der Waals surface area contributed by atoms with Crippen LogP contribution in [0.2, 0.25) is 0 Å². The highest BCUT2D eigenvalue weighted by atomic mass is 16.6. The third-order valence-electron chi connectivity index (χ3n) is 2.01. The highest BCUT2D eigenvalue weighted by Gasteiger charge is 2.12. The summed E-state index contributed by atoms with van der Waals surface area (Å²) in [6, 6.07) is 8.98. The van der Waals surface area contributed by atoms with Gasteiger partial charge in [-0.2, -0.15) is 0 Å². The molecule has 1 aromatic rings. The van der Waals surface area contributed by atoms with E-state index in [9.17, 15) is 4.79 Å². The van der Waals surface area contributed by atoms with Crippen LogP contribution in [0, 0.1) is 0 Å². The summed E-state index contributed by atoms with van der Waals surface area (Å²) < 4.78 is 5.18. The van der Waals surface area contributed by atoms with Crippen molar-refractivity contribution in [1.29, 1.82) is 0 Å². The molecule has 76 valence electrons. The zero-order valence-corrected chi connectivity index (χ0v) is 8.73. The van der Waals surface area contributed by atoms with Crippen molar-refractivity contribution in [3.8, 4) is 0 Å². The SMILES string of the molecule is CC(OC(=O)c1ccccc1)N(C)C. The number of esters is 1. The first-order valence-electron chi connectivity index (χ1n) is 4.53. The zero-order chi connectivity index (χ0) is 10.6. The maximum atomic E-state index is 11.5. The van der Waals surface area contributed by atoms with Crippen LogP contribution in [-0.2, 0) is 4.74 Å². The quantitative estimate of drug-likeness (QED) is 0.541. The molecule has 0 saturated carbocycles. The Morgan fingerprint density at radius 2 is 1.86 bits per heavy atom. The number of benzene rings is 1. The number of hydrogen-bond acceptors (Lipinski definition) is 3. The number of rotatable bonds is 3. The van der Waals surface area contributed by atoms with Crippen molar-refractivity contribution in [3.05, 3.63) is 35.9 Å². The largest absolute Gasteiger partial charge is 0.443 e. The van der Waals surface area contributed by atoms with Crippen molar-refractivity contribution in [2.45, 2.75) is 13.2 Å². The summed E-state index contributed by atoms with van der Waals surface area (Å²) in [4.78, 5) is 13.3. The molecule has 0 aliphatic heterocycles. The van der Waals surface area contributed by atoms with Gasteiger partial charge in [-0.05, 0) is 33.2 Å². The average molecular weight is 193 g/mol. The molecule has 0 amide bonds. The minimum absolute atomic E-state index is 0.206. The molecule has 1 rings (SSSR count). The lowest BCUT2D eigenvalue weighted by molar-refractivity contribution is -0.00546. The summed E-state index contributed by atoms with van der Waals surface area (Å²) in [6.07, 6.45) is -0.206. The molecule has 0 heterocycles. The normalized spacial score (nSPS) is 12.6. The van der Waals surface area contributed by atoms with E-state index in [1.807, 2.05) is 44.1 Å². The van der Waals surface area contributed by atoms with Gasteiger partial charge in [-0.15, -0.1) is 0 Å². The number of carbonyl (C=O) groups is 1. The molecule has 0 bridgehead atoms. The van der Waals surface area contributed by atoms with Gasteiger partial charge in [-0.1, -0.05) is 18.2 Å². The van der Waals surface area contributed by atoms with Crippen LogP contribution < -0.4 is 0 Å². The van der Waals surface area contributed by atoms with Crippen molar-refractivity contribution >= 4 is 5.97 Å². The Kier molecular flexibility index (Phi) is 3.65. The molecule has 1 atom stereocenters. The van der Waals surface area contributed by atoms with Crippen LogP contribution >= 0.6 is 0 Å². The smallest absolute Gasteiger partial charge is 0.339 e. The lowest BCUT2D eigenvalue weighted by atomic mass is 10.2. The van der Waals surface area contributed by atoms with E-state index in [-0.39, 0.29) is 12.2 Å². The van der Waals surface area contributed by atoms with E-state index < -0.39 is 0 Å². The highest BCUT2D eigenvalue weighted by molar-refractivity contribution is 5.89. The number of hydrogen-bond donors (Lipinski definition) is 0. The molecule has 14 heavy (non-hydrogen) atoms. The summed E-state index contributed by atoms with van der Waals surface area (Å²) in [6.45, 7) is 1.83. The average Bonchev–Trinajstić information content (AvgIpc) is 2.19. The molecule has 1 aromatic carbocycles. The standard InChI is InChI=1S/C11H15NO2/c1-9(12(2)3)14-11(13)10-7-5-4-6-8-10/h4-9H,1-3H3. The van der Waals surface area contributed by atoms with Crippen molar-refractivity contribution in [2.75, 3.05) is 14.1 Å². The summed E-state index contributed by atoms with van der Waals surface area (Å²) >= 11 is 0. The molecule has 0 spiro atoms. The van der Waals surface area contributed by atoms with Gasteiger partial charge in [0.1, 0.15) is 0 Å². The van der Waals surface area contributed by atoms with E-state index in [1.54, 1.807) is 12.1 Å². The summed E-state index contributed by atoms with van der Waals surface area (Å²) in [5.41, 5.74) is 0.584. The third kappa shape index (κ3) is 2.85. The predicted molar refractivity (Wildman–Crippen MR) is 55.0 cm³/mol. The number of carbonyl (C=O) groups excluding carboxylic acids is 1. The van der Waals surface area contributed by atoms with E-state index in [0.29, 0.717) is 5.56 Å². The van der Waals surface area contributed by atoms with Gasteiger partial charge in [-0.3, -0.25) is 4.90 Å². The van der Waals surface area contributed by atoms with Crippen LogP contribution in [0.4, 0.5) is 0 Å². The maximum Gasteiger partial charge on any atom is 0.339 e. The van der Waals surface area contributed by atoms with Crippen LogP contribution in [0.5, 0.6) is 0 Å². The Labute approximate surface area is 84.3 Å². The lowest BCUT2D eigenvalue weighted by Gasteiger charge is -2.19. The number of ether oxygens (including phenoxy) is 1. The van der Waals surface area contributed by atoms with Gasteiger partial charge >= 0.3 is 5.97 Å². The first-order valence-corrected chi connectivity index (χ1v) is 4.53. The predicted octanol–water partition coefficient (Wildman–Crippen LogP) is 1.75. The second-order valence-corrected chi connectivity index (χ2v) is 3.33. The number of nitrogens with zero attached hydrogens (tertiary/aromatic N) is 1. The molecule has 3 nitrogen and oxygen atoms in total. The van der Waals surface area contributed by atoms with Crippen molar-refractivity contribution in [3.63, 3.8) is 0 Å². The highest BCUT2D eigenvalue weighted by Crippen LogP contribution is 2.04. The monoisotopic (exact) mass is 193 g/mol.